The maximum atomic E-state index is 5.96. The minimum Gasteiger partial charge on any atom is -0.354 e. The first-order valence-corrected chi connectivity index (χ1v) is 7.12. The molecular formula is C12H21ClN6. The predicted molar refractivity (Wildman–Crippen MR) is 77.9 cm³/mol. The molecule has 1 saturated heterocycles. The number of nitrogens with zero attached hydrogens (tertiary/aromatic N) is 5. The van der Waals surface area contributed by atoms with Gasteiger partial charge >= 0.3 is 0 Å². The van der Waals surface area contributed by atoms with Crippen molar-refractivity contribution in [2.45, 2.75) is 26.3 Å². The molecule has 0 amide bonds. The Balaban J connectivity index is 2.17. The molecule has 1 fully saturated rings. The van der Waals surface area contributed by atoms with Crippen molar-refractivity contribution in [2.24, 2.45) is 0 Å². The molecule has 2 heterocycles. The third-order valence-electron chi connectivity index (χ3n) is 3.46. The van der Waals surface area contributed by atoms with Crippen LogP contribution >= 0.6 is 11.6 Å². The van der Waals surface area contributed by atoms with Crippen molar-refractivity contribution in [1.29, 1.82) is 0 Å². The summed E-state index contributed by atoms with van der Waals surface area (Å²) in [7, 11) is 2.16. The van der Waals surface area contributed by atoms with Gasteiger partial charge in [-0.25, -0.2) is 0 Å². The summed E-state index contributed by atoms with van der Waals surface area (Å²) in [5, 5.41) is 3.32. The first-order chi connectivity index (χ1) is 9.13. The summed E-state index contributed by atoms with van der Waals surface area (Å²) in [4.78, 5) is 17.3. The Morgan fingerprint density at radius 2 is 2.05 bits per heavy atom. The fourth-order valence-corrected chi connectivity index (χ4v) is 2.44. The van der Waals surface area contributed by atoms with E-state index in [0.29, 0.717) is 17.9 Å². The first kappa shape index (κ1) is 14.3. The molecule has 6 nitrogen and oxygen atoms in total. The van der Waals surface area contributed by atoms with Crippen molar-refractivity contribution >= 4 is 23.5 Å². The molecule has 1 aliphatic heterocycles. The zero-order valence-electron chi connectivity index (χ0n) is 11.7. The van der Waals surface area contributed by atoms with Gasteiger partial charge in [-0.1, -0.05) is 6.92 Å². The van der Waals surface area contributed by atoms with E-state index in [-0.39, 0.29) is 5.28 Å². The number of likely N-dealkylation sites (N-methyl/N-ethyl adjacent to an activating group) is 1. The number of halogens is 1. The summed E-state index contributed by atoms with van der Waals surface area (Å²) < 4.78 is 0. The lowest BCUT2D eigenvalue weighted by Gasteiger charge is -2.39. The number of aromatic nitrogens is 3. The smallest absolute Gasteiger partial charge is 0.231 e. The molecule has 7 heteroatoms. The van der Waals surface area contributed by atoms with Gasteiger partial charge in [0.2, 0.25) is 17.2 Å². The van der Waals surface area contributed by atoms with E-state index in [9.17, 15) is 0 Å². The molecule has 1 unspecified atom stereocenters. The zero-order chi connectivity index (χ0) is 13.8. The van der Waals surface area contributed by atoms with Crippen molar-refractivity contribution in [1.82, 2.24) is 19.9 Å². The van der Waals surface area contributed by atoms with E-state index < -0.39 is 0 Å². The summed E-state index contributed by atoms with van der Waals surface area (Å²) in [5.41, 5.74) is 0. The molecule has 0 saturated carbocycles. The van der Waals surface area contributed by atoms with Crippen molar-refractivity contribution in [3.63, 3.8) is 0 Å². The standard InChI is InChI=1S/C12H21ClN6/c1-4-9-8-19(7-6-18(9)3)12-16-10(13)15-11(17-12)14-5-2/h9H,4-8H2,1-3H3,(H,14,15,16,17). The number of hydrogen-bond acceptors (Lipinski definition) is 6. The Morgan fingerprint density at radius 3 is 2.74 bits per heavy atom. The maximum Gasteiger partial charge on any atom is 0.231 e. The lowest BCUT2D eigenvalue weighted by molar-refractivity contribution is 0.212. The Labute approximate surface area is 119 Å². The summed E-state index contributed by atoms with van der Waals surface area (Å²) in [6, 6.07) is 0.534. The van der Waals surface area contributed by atoms with Crippen LogP contribution in [0.25, 0.3) is 0 Å². The second kappa shape index (κ2) is 6.34. The minimum atomic E-state index is 0.243. The van der Waals surface area contributed by atoms with E-state index in [2.05, 4.69) is 44.0 Å². The highest BCUT2D eigenvalue weighted by Crippen LogP contribution is 2.18. The van der Waals surface area contributed by atoms with Crippen LogP contribution in [0.1, 0.15) is 20.3 Å². The molecule has 19 heavy (non-hydrogen) atoms. The van der Waals surface area contributed by atoms with E-state index in [0.717, 1.165) is 32.6 Å². The van der Waals surface area contributed by atoms with Gasteiger partial charge < -0.3 is 10.2 Å². The molecule has 0 aliphatic carbocycles. The van der Waals surface area contributed by atoms with Crippen molar-refractivity contribution in [3.8, 4) is 0 Å². The molecule has 0 aromatic carbocycles. The van der Waals surface area contributed by atoms with E-state index in [1.807, 2.05) is 6.92 Å². The Hall–Kier alpha value is -1.14. The number of nitrogens with one attached hydrogen (secondary N) is 1. The first-order valence-electron chi connectivity index (χ1n) is 6.74. The van der Waals surface area contributed by atoms with Gasteiger partial charge in [-0.15, -0.1) is 0 Å². The monoisotopic (exact) mass is 284 g/mol. The van der Waals surface area contributed by atoms with Gasteiger partial charge in [0, 0.05) is 32.2 Å². The molecule has 0 bridgehead atoms. The van der Waals surface area contributed by atoms with Gasteiger partial charge in [0.1, 0.15) is 0 Å². The average molecular weight is 285 g/mol. The normalized spacial score (nSPS) is 20.6. The summed E-state index contributed by atoms with van der Waals surface area (Å²) in [5.74, 6) is 1.21. The maximum absolute atomic E-state index is 5.96. The van der Waals surface area contributed by atoms with Gasteiger partial charge in [-0.2, -0.15) is 15.0 Å². The van der Waals surface area contributed by atoms with E-state index in [1.165, 1.54) is 0 Å². The summed E-state index contributed by atoms with van der Waals surface area (Å²) in [6.07, 6.45) is 1.12. The number of rotatable bonds is 4. The molecule has 1 aliphatic rings. The van der Waals surface area contributed by atoms with E-state index in [1.54, 1.807) is 0 Å². The van der Waals surface area contributed by atoms with Gasteiger partial charge in [-0.3, -0.25) is 4.90 Å². The molecule has 0 spiro atoms. The number of piperazine rings is 1. The lowest BCUT2D eigenvalue weighted by Crippen LogP contribution is -2.51. The molecular weight excluding hydrogens is 264 g/mol. The van der Waals surface area contributed by atoms with Gasteiger partial charge in [0.05, 0.1) is 0 Å². The van der Waals surface area contributed by atoms with E-state index >= 15 is 0 Å². The second-order valence-corrected chi connectivity index (χ2v) is 5.09. The van der Waals surface area contributed by atoms with Gasteiger partial charge in [0.15, 0.2) is 0 Å². The quantitative estimate of drug-likeness (QED) is 0.904. The highest BCUT2D eigenvalue weighted by Gasteiger charge is 2.25. The Bertz CT molecular complexity index is 427. The van der Waals surface area contributed by atoms with Gasteiger partial charge in [-0.05, 0) is 32.0 Å². The van der Waals surface area contributed by atoms with Crippen molar-refractivity contribution < 1.29 is 0 Å². The van der Waals surface area contributed by atoms with Crippen molar-refractivity contribution in [3.05, 3.63) is 5.28 Å². The summed E-state index contributed by atoms with van der Waals surface area (Å²) in [6.45, 7) is 7.83. The van der Waals surface area contributed by atoms with Gasteiger partial charge in [0.25, 0.3) is 0 Å². The van der Waals surface area contributed by atoms with Crippen LogP contribution in [0.3, 0.4) is 0 Å². The van der Waals surface area contributed by atoms with Crippen LogP contribution < -0.4 is 10.2 Å². The fourth-order valence-electron chi connectivity index (χ4n) is 2.29. The Kier molecular flexibility index (Phi) is 4.76. The molecule has 0 radical (unpaired) electrons. The highest BCUT2D eigenvalue weighted by molar-refractivity contribution is 6.28. The van der Waals surface area contributed by atoms with Crippen LogP contribution in [0.5, 0.6) is 0 Å². The third kappa shape index (κ3) is 3.45. The molecule has 1 N–H and O–H groups in total. The van der Waals surface area contributed by atoms with Crippen LogP contribution in [-0.2, 0) is 0 Å². The van der Waals surface area contributed by atoms with Crippen LogP contribution in [0.2, 0.25) is 5.28 Å². The van der Waals surface area contributed by atoms with Crippen molar-refractivity contribution in [2.75, 3.05) is 43.4 Å². The molecule has 106 valence electrons. The lowest BCUT2D eigenvalue weighted by atomic mass is 10.1. The summed E-state index contributed by atoms with van der Waals surface area (Å²) >= 11 is 5.96. The van der Waals surface area contributed by atoms with Crippen LogP contribution in [0, 0.1) is 0 Å². The fraction of sp³-hybridized carbons (Fsp3) is 0.750. The molecule has 1 aromatic heterocycles. The third-order valence-corrected chi connectivity index (χ3v) is 3.63. The SMILES string of the molecule is CCNc1nc(Cl)nc(N2CCN(C)C(CC)C2)n1. The zero-order valence-corrected chi connectivity index (χ0v) is 12.5. The highest BCUT2D eigenvalue weighted by atomic mass is 35.5. The van der Waals surface area contributed by atoms with Crippen LogP contribution in [0.4, 0.5) is 11.9 Å². The number of hydrogen-bond donors (Lipinski definition) is 1. The molecule has 1 atom stereocenters. The van der Waals surface area contributed by atoms with Crippen LogP contribution in [0.15, 0.2) is 0 Å². The number of anilines is 2. The Morgan fingerprint density at radius 1 is 1.26 bits per heavy atom. The van der Waals surface area contributed by atoms with E-state index in [4.69, 9.17) is 11.6 Å². The predicted octanol–water partition coefficient (Wildman–Crippen LogP) is 1.49. The second-order valence-electron chi connectivity index (χ2n) is 4.75. The average Bonchev–Trinajstić information content (AvgIpc) is 2.39. The van der Waals surface area contributed by atoms with Crippen LogP contribution in [-0.4, -0.2) is 59.1 Å². The topological polar surface area (TPSA) is 57.2 Å². The molecule has 2 rings (SSSR count). The largest absolute Gasteiger partial charge is 0.354 e. The minimum absolute atomic E-state index is 0.243. The molecule has 1 aromatic rings.